The van der Waals surface area contributed by atoms with Gasteiger partial charge in [0.25, 0.3) is 5.91 Å². The number of halogens is 2. The van der Waals surface area contributed by atoms with Crippen molar-refractivity contribution in [2.75, 3.05) is 26.1 Å². The average molecular weight is 540 g/mol. The molecule has 1 aromatic heterocycles. The highest BCUT2D eigenvalue weighted by Gasteiger charge is 2.15. The smallest absolute Gasteiger partial charge is 0.275 e. The maximum Gasteiger partial charge on any atom is 0.275 e. The topological polar surface area (TPSA) is 63.7 Å². The molecule has 0 spiro atoms. The van der Waals surface area contributed by atoms with Crippen molar-refractivity contribution in [2.24, 2.45) is 0 Å². The minimum atomic E-state index is -0.359. The van der Waals surface area contributed by atoms with Gasteiger partial charge < -0.3 is 14.8 Å². The van der Waals surface area contributed by atoms with Gasteiger partial charge in [0, 0.05) is 29.2 Å². The van der Waals surface area contributed by atoms with Gasteiger partial charge in [-0.1, -0.05) is 29.8 Å². The molecular weight excluding hydrogens is 513 g/mol. The zero-order chi connectivity index (χ0) is 26.2. The van der Waals surface area contributed by atoms with Crippen LogP contribution in [0.15, 0.2) is 72.1 Å². The standard InChI is InChI=1S/C28H27ClFN3O3S/c1-35-25-11-6-19(15-26(25)36-2)12-13-33(16-20-4-3-5-21(29)14-20)17-27-32-24(18-37-27)28(34)31-23-9-7-22(30)8-10-23/h3-11,14-15,18H,12-13,16-17H2,1-2H3,(H,31,34). The number of nitrogens with one attached hydrogen (secondary N) is 1. The Labute approximate surface area is 224 Å². The van der Waals surface area contributed by atoms with Crippen molar-refractivity contribution in [3.8, 4) is 11.5 Å². The van der Waals surface area contributed by atoms with Crippen molar-refractivity contribution in [3.63, 3.8) is 0 Å². The zero-order valence-corrected chi connectivity index (χ0v) is 22.1. The van der Waals surface area contributed by atoms with E-state index in [1.807, 2.05) is 42.5 Å². The van der Waals surface area contributed by atoms with E-state index in [0.29, 0.717) is 41.0 Å². The Morgan fingerprint density at radius 2 is 1.78 bits per heavy atom. The Hall–Kier alpha value is -3.46. The van der Waals surface area contributed by atoms with E-state index in [0.717, 1.165) is 29.1 Å². The number of methoxy groups -OCH3 is 2. The quantitative estimate of drug-likeness (QED) is 0.237. The van der Waals surface area contributed by atoms with Crippen LogP contribution in [0.4, 0.5) is 10.1 Å². The summed E-state index contributed by atoms with van der Waals surface area (Å²) in [6.45, 7) is 1.98. The highest BCUT2D eigenvalue weighted by molar-refractivity contribution is 7.09. The van der Waals surface area contributed by atoms with Crippen LogP contribution in [0.25, 0.3) is 0 Å². The molecule has 0 bridgehead atoms. The number of hydrogen-bond acceptors (Lipinski definition) is 6. The van der Waals surface area contributed by atoms with E-state index in [1.165, 1.54) is 35.6 Å². The Morgan fingerprint density at radius 3 is 2.51 bits per heavy atom. The van der Waals surface area contributed by atoms with Gasteiger partial charge >= 0.3 is 0 Å². The van der Waals surface area contributed by atoms with Crippen molar-refractivity contribution >= 4 is 34.5 Å². The summed E-state index contributed by atoms with van der Waals surface area (Å²) in [5, 5.41) is 5.99. The molecule has 3 aromatic carbocycles. The Morgan fingerprint density at radius 1 is 1.00 bits per heavy atom. The van der Waals surface area contributed by atoms with E-state index in [-0.39, 0.29) is 11.7 Å². The number of ether oxygens (including phenoxy) is 2. The minimum Gasteiger partial charge on any atom is -0.493 e. The van der Waals surface area contributed by atoms with Crippen molar-refractivity contribution in [1.29, 1.82) is 0 Å². The largest absolute Gasteiger partial charge is 0.493 e. The average Bonchev–Trinajstić information content (AvgIpc) is 3.37. The second-order valence-electron chi connectivity index (χ2n) is 8.37. The first-order valence-electron chi connectivity index (χ1n) is 11.6. The van der Waals surface area contributed by atoms with Gasteiger partial charge in [0.15, 0.2) is 11.5 Å². The monoisotopic (exact) mass is 539 g/mol. The third kappa shape index (κ3) is 7.52. The molecule has 0 aliphatic heterocycles. The van der Waals surface area contributed by atoms with Crippen LogP contribution < -0.4 is 14.8 Å². The summed E-state index contributed by atoms with van der Waals surface area (Å²) in [6.07, 6.45) is 0.782. The highest BCUT2D eigenvalue weighted by atomic mass is 35.5. The molecule has 0 saturated heterocycles. The van der Waals surface area contributed by atoms with E-state index in [2.05, 4.69) is 15.2 Å². The summed E-state index contributed by atoms with van der Waals surface area (Å²) >= 11 is 7.65. The van der Waals surface area contributed by atoms with Gasteiger partial charge in [-0.25, -0.2) is 9.37 Å². The van der Waals surface area contributed by atoms with Crippen LogP contribution in [0.2, 0.25) is 5.02 Å². The molecule has 4 aromatic rings. The second-order valence-corrected chi connectivity index (χ2v) is 9.75. The van der Waals surface area contributed by atoms with Gasteiger partial charge in [0.05, 0.1) is 20.8 Å². The molecule has 37 heavy (non-hydrogen) atoms. The maximum atomic E-state index is 13.1. The van der Waals surface area contributed by atoms with Gasteiger partial charge in [-0.2, -0.15) is 0 Å². The highest BCUT2D eigenvalue weighted by Crippen LogP contribution is 2.28. The third-order valence-corrected chi connectivity index (χ3v) is 6.77. The predicted octanol–water partition coefficient (Wildman–Crippen LogP) is 6.45. The van der Waals surface area contributed by atoms with E-state index in [4.69, 9.17) is 21.1 Å². The summed E-state index contributed by atoms with van der Waals surface area (Å²) in [5.41, 5.74) is 3.04. The van der Waals surface area contributed by atoms with E-state index < -0.39 is 0 Å². The molecule has 6 nitrogen and oxygen atoms in total. The van der Waals surface area contributed by atoms with Gasteiger partial charge in [0.1, 0.15) is 16.5 Å². The number of thiazole rings is 1. The lowest BCUT2D eigenvalue weighted by Crippen LogP contribution is -2.25. The fourth-order valence-corrected chi connectivity index (χ4v) is 4.87. The minimum absolute atomic E-state index is 0.326. The van der Waals surface area contributed by atoms with Crippen molar-refractivity contribution in [1.82, 2.24) is 9.88 Å². The predicted molar refractivity (Wildman–Crippen MR) is 145 cm³/mol. The van der Waals surface area contributed by atoms with Crippen LogP contribution in [0.5, 0.6) is 11.5 Å². The number of anilines is 1. The first-order chi connectivity index (χ1) is 17.9. The maximum absolute atomic E-state index is 13.1. The lowest BCUT2D eigenvalue weighted by atomic mass is 10.1. The normalized spacial score (nSPS) is 10.9. The number of hydrogen-bond donors (Lipinski definition) is 1. The summed E-state index contributed by atoms with van der Waals surface area (Å²) in [4.78, 5) is 19.5. The molecule has 1 amide bonds. The number of carbonyl (C=O) groups excluding carboxylic acids is 1. The molecular formula is C28H27ClFN3O3S. The summed E-state index contributed by atoms with van der Waals surface area (Å²) in [5.74, 6) is 0.692. The van der Waals surface area contributed by atoms with Crippen molar-refractivity contribution < 1.29 is 18.7 Å². The fraction of sp³-hybridized carbons (Fsp3) is 0.214. The van der Waals surface area contributed by atoms with Crippen LogP contribution in [-0.4, -0.2) is 36.6 Å². The first-order valence-corrected chi connectivity index (χ1v) is 12.9. The number of amides is 1. The van der Waals surface area contributed by atoms with Crippen LogP contribution in [-0.2, 0) is 19.5 Å². The Kier molecular flexibility index (Phi) is 9.11. The molecule has 9 heteroatoms. The fourth-order valence-electron chi connectivity index (χ4n) is 3.84. The molecule has 0 fully saturated rings. The molecule has 0 atom stereocenters. The zero-order valence-electron chi connectivity index (χ0n) is 20.5. The number of carbonyl (C=O) groups is 1. The van der Waals surface area contributed by atoms with Crippen LogP contribution in [0.1, 0.15) is 26.6 Å². The first kappa shape index (κ1) is 26.6. The van der Waals surface area contributed by atoms with Crippen molar-refractivity contribution in [2.45, 2.75) is 19.5 Å². The number of nitrogens with zero attached hydrogens (tertiary/aromatic N) is 2. The summed E-state index contributed by atoms with van der Waals surface area (Å²) in [7, 11) is 3.24. The SMILES string of the molecule is COc1ccc(CCN(Cc2cccc(Cl)c2)Cc2nc(C(=O)Nc3ccc(F)cc3)cs2)cc1OC. The molecule has 0 radical (unpaired) electrons. The summed E-state index contributed by atoms with van der Waals surface area (Å²) in [6, 6.07) is 19.3. The van der Waals surface area contributed by atoms with Gasteiger partial charge in [-0.15, -0.1) is 11.3 Å². The lowest BCUT2D eigenvalue weighted by Gasteiger charge is -2.22. The molecule has 4 rings (SSSR count). The van der Waals surface area contributed by atoms with Crippen LogP contribution in [0.3, 0.4) is 0 Å². The van der Waals surface area contributed by atoms with E-state index >= 15 is 0 Å². The molecule has 0 aliphatic rings. The molecule has 0 saturated carbocycles. The molecule has 1 N–H and O–H groups in total. The van der Waals surface area contributed by atoms with E-state index in [9.17, 15) is 9.18 Å². The van der Waals surface area contributed by atoms with Crippen molar-refractivity contribution in [3.05, 3.63) is 105 Å². The number of aromatic nitrogens is 1. The third-order valence-electron chi connectivity index (χ3n) is 5.71. The van der Waals surface area contributed by atoms with Gasteiger partial charge in [-0.3, -0.25) is 9.69 Å². The molecule has 0 aliphatic carbocycles. The molecule has 192 valence electrons. The van der Waals surface area contributed by atoms with Gasteiger partial charge in [-0.05, 0) is 66.1 Å². The Balaban J connectivity index is 1.46. The number of benzene rings is 3. The lowest BCUT2D eigenvalue weighted by molar-refractivity contribution is 0.102. The molecule has 0 unspecified atom stereocenters. The Bertz CT molecular complexity index is 1350. The second kappa shape index (κ2) is 12.7. The van der Waals surface area contributed by atoms with E-state index in [1.54, 1.807) is 19.6 Å². The van der Waals surface area contributed by atoms with Crippen LogP contribution in [0, 0.1) is 5.82 Å². The number of rotatable bonds is 11. The van der Waals surface area contributed by atoms with Gasteiger partial charge in [0.2, 0.25) is 0 Å². The van der Waals surface area contributed by atoms with Crippen LogP contribution >= 0.6 is 22.9 Å². The summed E-state index contributed by atoms with van der Waals surface area (Å²) < 4.78 is 23.9. The molecule has 1 heterocycles.